The van der Waals surface area contributed by atoms with E-state index in [-0.39, 0.29) is 12.6 Å². The molecule has 0 aliphatic rings. The molecular formula is C13H19BrN2O3. The van der Waals surface area contributed by atoms with Crippen molar-refractivity contribution in [3.63, 3.8) is 0 Å². The van der Waals surface area contributed by atoms with E-state index in [2.05, 4.69) is 26.6 Å². The Morgan fingerprint density at radius 3 is 2.58 bits per heavy atom. The number of carbonyl (C=O) groups excluding carboxylic acids is 1. The van der Waals surface area contributed by atoms with Crippen LogP contribution in [0.4, 0.5) is 4.79 Å². The van der Waals surface area contributed by atoms with Gasteiger partial charge in [0.2, 0.25) is 0 Å². The number of benzene rings is 1. The highest BCUT2D eigenvalue weighted by atomic mass is 79.9. The van der Waals surface area contributed by atoms with Crippen LogP contribution in [0.5, 0.6) is 0 Å². The lowest BCUT2D eigenvalue weighted by Gasteiger charge is -2.24. The van der Waals surface area contributed by atoms with Crippen LogP contribution in [0.2, 0.25) is 0 Å². The van der Waals surface area contributed by atoms with Gasteiger partial charge in [-0.1, -0.05) is 28.1 Å². The molecule has 0 saturated heterocycles. The van der Waals surface area contributed by atoms with E-state index in [1.807, 2.05) is 24.3 Å². The second kappa shape index (κ2) is 7.47. The summed E-state index contributed by atoms with van der Waals surface area (Å²) in [4.78, 5) is 11.5. The van der Waals surface area contributed by atoms with Crippen LogP contribution in [0.25, 0.3) is 0 Å². The summed E-state index contributed by atoms with van der Waals surface area (Å²) in [5.41, 5.74) is -0.368. The molecule has 3 N–H and O–H groups in total. The maximum atomic E-state index is 11.5. The molecule has 1 unspecified atom stereocenters. The fourth-order valence-corrected chi connectivity index (χ4v) is 1.76. The van der Waals surface area contributed by atoms with E-state index in [1.165, 1.54) is 0 Å². The number of halogens is 1. The normalized spacial score (nSPS) is 13.7. The smallest absolute Gasteiger partial charge is 0.314 e. The Bertz CT molecular complexity index is 407. The number of hydrogen-bond acceptors (Lipinski definition) is 3. The summed E-state index contributed by atoms with van der Waals surface area (Å²) in [5.74, 6) is 0. The molecule has 0 bridgehead atoms. The molecule has 0 saturated carbocycles. The highest BCUT2D eigenvalue weighted by molar-refractivity contribution is 9.10. The summed E-state index contributed by atoms with van der Waals surface area (Å²) >= 11 is 3.34. The standard InChI is InChI=1S/C13H19BrN2O3/c1-13(18,10-3-5-11(14)6-4-10)9-16-12(17)15-7-8-19-2/h3-6,18H,7-9H2,1-2H3,(H2,15,16,17). The van der Waals surface area contributed by atoms with Crippen molar-refractivity contribution in [2.75, 3.05) is 26.8 Å². The first kappa shape index (κ1) is 15.9. The Balaban J connectivity index is 2.46. The molecule has 0 aromatic heterocycles. The van der Waals surface area contributed by atoms with Gasteiger partial charge in [0.25, 0.3) is 0 Å². The van der Waals surface area contributed by atoms with Crippen molar-refractivity contribution < 1.29 is 14.6 Å². The lowest BCUT2D eigenvalue weighted by molar-refractivity contribution is 0.0593. The number of amides is 2. The van der Waals surface area contributed by atoms with E-state index < -0.39 is 5.60 Å². The lowest BCUT2D eigenvalue weighted by atomic mass is 9.96. The van der Waals surface area contributed by atoms with E-state index in [1.54, 1.807) is 14.0 Å². The first-order valence-electron chi connectivity index (χ1n) is 5.95. The van der Waals surface area contributed by atoms with Crippen LogP contribution in [-0.4, -0.2) is 37.9 Å². The second-order valence-corrected chi connectivity index (χ2v) is 5.30. The largest absolute Gasteiger partial charge is 0.384 e. The minimum absolute atomic E-state index is 0.132. The number of rotatable bonds is 6. The van der Waals surface area contributed by atoms with Gasteiger partial charge in [0.1, 0.15) is 5.60 Å². The van der Waals surface area contributed by atoms with Crippen LogP contribution < -0.4 is 10.6 Å². The minimum atomic E-state index is -1.11. The average Bonchev–Trinajstić information content (AvgIpc) is 2.37. The van der Waals surface area contributed by atoms with Crippen molar-refractivity contribution in [1.29, 1.82) is 0 Å². The monoisotopic (exact) mass is 330 g/mol. The zero-order valence-corrected chi connectivity index (χ0v) is 12.7. The van der Waals surface area contributed by atoms with Crippen LogP contribution >= 0.6 is 15.9 Å². The summed E-state index contributed by atoms with van der Waals surface area (Å²) in [6, 6.07) is 7.00. The molecule has 2 amide bonds. The third-order valence-electron chi connectivity index (χ3n) is 2.65. The molecule has 5 nitrogen and oxygen atoms in total. The van der Waals surface area contributed by atoms with Crippen molar-refractivity contribution in [3.05, 3.63) is 34.3 Å². The summed E-state index contributed by atoms with van der Waals surface area (Å²) in [5, 5.41) is 15.6. The molecule has 1 atom stereocenters. The van der Waals surface area contributed by atoms with Crippen LogP contribution in [0.1, 0.15) is 12.5 Å². The quantitative estimate of drug-likeness (QED) is 0.694. The molecule has 106 valence electrons. The molecule has 6 heteroatoms. The molecule has 0 heterocycles. The molecule has 0 radical (unpaired) electrons. The predicted octanol–water partition coefficient (Wildman–Crippen LogP) is 1.60. The Kier molecular flexibility index (Phi) is 6.27. The van der Waals surface area contributed by atoms with Gasteiger partial charge in [0.05, 0.1) is 13.2 Å². The third kappa shape index (κ3) is 5.59. The molecule has 0 fully saturated rings. The summed E-state index contributed by atoms with van der Waals surface area (Å²) in [6.45, 7) is 2.68. The molecule has 1 rings (SSSR count). The zero-order chi connectivity index (χ0) is 14.3. The van der Waals surface area contributed by atoms with E-state index in [4.69, 9.17) is 4.74 Å². The van der Waals surface area contributed by atoms with Crippen molar-refractivity contribution >= 4 is 22.0 Å². The fraction of sp³-hybridized carbons (Fsp3) is 0.462. The molecule has 1 aromatic carbocycles. The van der Waals surface area contributed by atoms with Gasteiger partial charge < -0.3 is 20.5 Å². The van der Waals surface area contributed by atoms with Gasteiger partial charge in [-0.25, -0.2) is 4.79 Å². The van der Waals surface area contributed by atoms with Gasteiger partial charge in [0, 0.05) is 18.1 Å². The lowest BCUT2D eigenvalue weighted by Crippen LogP contribution is -2.44. The van der Waals surface area contributed by atoms with Crippen molar-refractivity contribution in [1.82, 2.24) is 10.6 Å². The highest BCUT2D eigenvalue weighted by Gasteiger charge is 2.23. The van der Waals surface area contributed by atoms with E-state index in [9.17, 15) is 9.90 Å². The number of ether oxygens (including phenoxy) is 1. The Labute approximate surface area is 121 Å². The predicted molar refractivity (Wildman–Crippen MR) is 77.0 cm³/mol. The number of methoxy groups -OCH3 is 1. The summed E-state index contributed by atoms with van der Waals surface area (Å²) in [7, 11) is 1.57. The van der Waals surface area contributed by atoms with E-state index in [0.29, 0.717) is 13.2 Å². The second-order valence-electron chi connectivity index (χ2n) is 4.38. The highest BCUT2D eigenvalue weighted by Crippen LogP contribution is 2.21. The SMILES string of the molecule is COCCNC(=O)NCC(C)(O)c1ccc(Br)cc1. The topological polar surface area (TPSA) is 70.6 Å². The number of nitrogens with one attached hydrogen (secondary N) is 2. The van der Waals surface area contributed by atoms with Crippen LogP contribution in [0.15, 0.2) is 28.7 Å². The fourth-order valence-electron chi connectivity index (χ4n) is 1.49. The molecule has 0 spiro atoms. The van der Waals surface area contributed by atoms with Crippen LogP contribution in [-0.2, 0) is 10.3 Å². The molecular weight excluding hydrogens is 312 g/mol. The van der Waals surface area contributed by atoms with Gasteiger partial charge >= 0.3 is 6.03 Å². The Morgan fingerprint density at radius 2 is 2.00 bits per heavy atom. The van der Waals surface area contributed by atoms with Crippen LogP contribution in [0.3, 0.4) is 0 Å². The number of carbonyl (C=O) groups is 1. The minimum Gasteiger partial charge on any atom is -0.384 e. The van der Waals surface area contributed by atoms with Gasteiger partial charge in [-0.2, -0.15) is 0 Å². The first-order chi connectivity index (χ1) is 8.95. The van der Waals surface area contributed by atoms with E-state index in [0.717, 1.165) is 10.0 Å². The van der Waals surface area contributed by atoms with Crippen molar-refractivity contribution in [2.45, 2.75) is 12.5 Å². The first-order valence-corrected chi connectivity index (χ1v) is 6.74. The van der Waals surface area contributed by atoms with Crippen molar-refractivity contribution in [3.8, 4) is 0 Å². The molecule has 0 aliphatic heterocycles. The van der Waals surface area contributed by atoms with Gasteiger partial charge in [-0.05, 0) is 24.6 Å². The number of aliphatic hydroxyl groups is 1. The van der Waals surface area contributed by atoms with Gasteiger partial charge in [-0.15, -0.1) is 0 Å². The maximum Gasteiger partial charge on any atom is 0.314 e. The Morgan fingerprint density at radius 1 is 1.37 bits per heavy atom. The number of urea groups is 1. The van der Waals surface area contributed by atoms with Gasteiger partial charge in [0.15, 0.2) is 0 Å². The zero-order valence-electron chi connectivity index (χ0n) is 11.1. The van der Waals surface area contributed by atoms with Crippen LogP contribution in [0, 0.1) is 0 Å². The third-order valence-corrected chi connectivity index (χ3v) is 3.18. The summed E-state index contributed by atoms with van der Waals surface area (Å²) < 4.78 is 5.76. The molecule has 1 aromatic rings. The average molecular weight is 331 g/mol. The van der Waals surface area contributed by atoms with Gasteiger partial charge in [-0.3, -0.25) is 0 Å². The van der Waals surface area contributed by atoms with E-state index >= 15 is 0 Å². The molecule has 0 aliphatic carbocycles. The maximum absolute atomic E-state index is 11.5. The Hall–Kier alpha value is -1.11. The summed E-state index contributed by atoms with van der Waals surface area (Å²) in [6.07, 6.45) is 0. The van der Waals surface area contributed by atoms with Crippen molar-refractivity contribution in [2.24, 2.45) is 0 Å². The molecule has 19 heavy (non-hydrogen) atoms. The number of hydrogen-bond donors (Lipinski definition) is 3.